The highest BCUT2D eigenvalue weighted by molar-refractivity contribution is 8.77. The van der Waals surface area contributed by atoms with E-state index in [9.17, 15) is 39.3 Å². The Morgan fingerprint density at radius 2 is 1.30 bits per heavy atom. The molecule has 0 spiro atoms. The summed E-state index contributed by atoms with van der Waals surface area (Å²) in [5.41, 5.74) is -2.06. The summed E-state index contributed by atoms with van der Waals surface area (Å²) in [6.07, 6.45) is -2.52. The lowest BCUT2D eigenvalue weighted by Crippen LogP contribution is -2.62. The first-order valence-electron chi connectivity index (χ1n) is 25.8. The molecule has 3 fully saturated rings. The number of aryl methyl sites for hydroxylation is 2. The molecule has 8 rings (SSSR count). The fraction of sp³-hybridized carbons (Fsp3) is 0.463. The van der Waals surface area contributed by atoms with Crippen molar-refractivity contribution in [2.24, 2.45) is 0 Å². The number of rotatable bonds is 24. The second-order valence-corrected chi connectivity index (χ2v) is 25.8. The van der Waals surface area contributed by atoms with Crippen molar-refractivity contribution < 1.29 is 62.1 Å². The summed E-state index contributed by atoms with van der Waals surface area (Å²) in [5.74, 6) is 1.21. The van der Waals surface area contributed by atoms with Gasteiger partial charge in [-0.15, -0.1) is 0 Å². The molecular formula is C54H66N5O17PS3. The van der Waals surface area contributed by atoms with Crippen molar-refractivity contribution in [3.63, 3.8) is 0 Å². The van der Waals surface area contributed by atoms with Crippen LogP contribution in [-0.2, 0) is 43.0 Å². The van der Waals surface area contributed by atoms with Crippen molar-refractivity contribution in [3.8, 4) is 11.5 Å². The number of amides is 1. The summed E-state index contributed by atoms with van der Waals surface area (Å²) in [6, 6.07) is 23.4. The lowest BCUT2D eigenvalue weighted by molar-refractivity contribution is -0.173. The van der Waals surface area contributed by atoms with E-state index in [2.05, 4.69) is 15.3 Å². The number of carbonyl (C=O) groups is 1. The summed E-state index contributed by atoms with van der Waals surface area (Å²) in [7, 11) is 5.64. The molecule has 0 bridgehead atoms. The van der Waals surface area contributed by atoms with Gasteiger partial charge in [-0.25, -0.2) is 14.2 Å². The van der Waals surface area contributed by atoms with Gasteiger partial charge in [0.05, 0.1) is 51.8 Å². The number of methoxy groups -OCH3 is 2. The van der Waals surface area contributed by atoms with Crippen LogP contribution in [0.5, 0.6) is 11.5 Å². The normalized spacial score (nSPS) is 25.8. The molecule has 0 radical (unpaired) electrons. The first kappa shape index (κ1) is 60.8. The van der Waals surface area contributed by atoms with Gasteiger partial charge < -0.3 is 49.1 Å². The summed E-state index contributed by atoms with van der Waals surface area (Å²) in [6.45, 7) is 0.983. The number of hydrogen-bond donors (Lipinski definition) is 6. The number of carbonyl (C=O) groups excluding carboxylic acids is 1. The van der Waals surface area contributed by atoms with Gasteiger partial charge in [0, 0.05) is 54.8 Å². The molecule has 80 heavy (non-hydrogen) atoms. The molecule has 3 saturated heterocycles. The van der Waals surface area contributed by atoms with Crippen molar-refractivity contribution >= 4 is 45.7 Å². The quantitative estimate of drug-likeness (QED) is 0.0152. The van der Waals surface area contributed by atoms with Crippen molar-refractivity contribution in [2.45, 2.75) is 119 Å². The predicted molar refractivity (Wildman–Crippen MR) is 302 cm³/mol. The van der Waals surface area contributed by atoms with Crippen LogP contribution in [0.3, 0.4) is 0 Å². The van der Waals surface area contributed by atoms with Crippen LogP contribution in [0.1, 0.15) is 73.4 Å². The molecule has 5 aromatic rings. The number of nitrogens with one attached hydrogen (secondary N) is 3. The third-order valence-corrected chi connectivity index (χ3v) is 20.0. The molecule has 6 N–H and O–H groups in total. The molecule has 2 aromatic heterocycles. The summed E-state index contributed by atoms with van der Waals surface area (Å²) in [4.78, 5) is 68.3. The average molecular weight is 1180 g/mol. The number of hydrogen-bond acceptors (Lipinski definition) is 20. The summed E-state index contributed by atoms with van der Waals surface area (Å²) < 4.78 is 68.8. The minimum atomic E-state index is -4.31. The Hall–Kier alpha value is -5.25. The molecule has 26 heteroatoms. The first-order valence-corrected chi connectivity index (χ1v) is 31.3. The minimum absolute atomic E-state index is 0.0398. The van der Waals surface area contributed by atoms with Gasteiger partial charge in [0.1, 0.15) is 59.4 Å². The monoisotopic (exact) mass is 1180 g/mol. The van der Waals surface area contributed by atoms with E-state index < -0.39 is 121 Å². The van der Waals surface area contributed by atoms with Gasteiger partial charge in [0.2, 0.25) is 5.91 Å². The van der Waals surface area contributed by atoms with Gasteiger partial charge in [0.25, 0.3) is 11.1 Å². The fourth-order valence-electron chi connectivity index (χ4n) is 9.74. The van der Waals surface area contributed by atoms with E-state index in [4.69, 9.17) is 37.5 Å². The van der Waals surface area contributed by atoms with E-state index >= 15 is 4.57 Å². The molecule has 3 aliphatic rings. The van der Waals surface area contributed by atoms with Crippen LogP contribution >= 0.6 is 39.8 Å². The molecule has 3 aromatic carbocycles. The predicted octanol–water partition coefficient (Wildman–Crippen LogP) is 5.21. The largest absolute Gasteiger partial charge is 0.497 e. The Balaban J connectivity index is 1.11. The highest BCUT2D eigenvalue weighted by Crippen LogP contribution is 2.63. The second kappa shape index (κ2) is 27.2. The van der Waals surface area contributed by atoms with Gasteiger partial charge >= 0.3 is 18.2 Å². The van der Waals surface area contributed by atoms with Gasteiger partial charge in [-0.05, 0) is 72.6 Å². The van der Waals surface area contributed by atoms with Crippen LogP contribution in [0.15, 0.2) is 123 Å². The Kier molecular flexibility index (Phi) is 20.7. The highest BCUT2D eigenvalue weighted by Gasteiger charge is 2.49. The number of nitrogens with zero attached hydrogens (tertiary/aromatic N) is 2. The lowest BCUT2D eigenvalue weighted by atomic mass is 9.79. The molecule has 0 saturated carbocycles. The number of aliphatic hydroxyl groups is 3. The second-order valence-electron chi connectivity index (χ2n) is 19.2. The Bertz CT molecular complexity index is 3170. The van der Waals surface area contributed by atoms with E-state index in [1.54, 1.807) is 40.2 Å². The van der Waals surface area contributed by atoms with Crippen molar-refractivity contribution in [3.05, 3.63) is 173 Å². The van der Waals surface area contributed by atoms with Crippen molar-refractivity contribution in [1.82, 2.24) is 24.4 Å². The maximum atomic E-state index is 15.6. The third kappa shape index (κ3) is 14.0. The van der Waals surface area contributed by atoms with Gasteiger partial charge in [0.15, 0.2) is 0 Å². The zero-order valence-corrected chi connectivity index (χ0v) is 48.1. The molecule has 432 valence electrons. The molecular weight excluding hydrogens is 1120 g/mol. The van der Waals surface area contributed by atoms with Crippen LogP contribution in [0.2, 0.25) is 0 Å². The molecule has 5 heterocycles. The Morgan fingerprint density at radius 1 is 0.762 bits per heavy atom. The topological polar surface area (TPSA) is 290 Å². The molecule has 12 atom stereocenters. The number of aromatic nitrogens is 4. The number of benzene rings is 3. The Labute approximate surface area is 472 Å². The molecule has 0 aliphatic carbocycles. The number of H-pyrrole nitrogens is 2. The van der Waals surface area contributed by atoms with Crippen LogP contribution in [0, 0.1) is 13.8 Å². The van der Waals surface area contributed by atoms with Gasteiger partial charge in [-0.3, -0.25) is 42.5 Å². The summed E-state index contributed by atoms with van der Waals surface area (Å²) in [5, 5.41) is 33.6. The number of aromatic amines is 2. The van der Waals surface area contributed by atoms with Gasteiger partial charge in [-0.1, -0.05) is 95.3 Å². The minimum Gasteiger partial charge on any atom is -0.497 e. The van der Waals surface area contributed by atoms with Crippen LogP contribution in [0.4, 0.5) is 0 Å². The molecule has 8 unspecified atom stereocenters. The molecule has 1 amide bonds. The standard InChI is InChI=1S/C54H66N5O17PS3/c1-7-39-41(26-45(72-39)59-28-32(3)50(65)57-53(59)67)76-77(68,78-23-11-12-24-79-80-51-46(55-33(4)61)48(63)47(62)42(29-60)74-51)71-30-43-40(25-44(73-43)58-27-31(2)49(64)56-52(58)66)75-54(34-13-9-8-10-14-34,35-15-19-37(69-5)20-16-35)36-17-21-38(70-6)22-18-36/h8-22,27-28,39-48,51,60,62-63H,7,23-26,29-30H2,1-6H3,(H,55,61)(H,56,64,66)(H,57,65,67)/b12-11-/t39-,40?,41?,42?,43-,44-,45-,46?,47?,48?,51?,77?/m1/s1. The van der Waals surface area contributed by atoms with Crippen LogP contribution in [-0.4, -0.2) is 133 Å². The Morgan fingerprint density at radius 3 is 1.84 bits per heavy atom. The van der Waals surface area contributed by atoms with E-state index in [1.807, 2.05) is 85.8 Å². The SMILES string of the molecule is CC[C@H]1O[C@@H](n2cc(C)c(=O)[nH]c2=O)CC1OP(=O)(OC[C@H]1O[C@@H](n2cc(C)c(=O)[nH]c2=O)CC1OC(c1ccccc1)(c1ccc(OC)cc1)c1ccc(OC)cc1)SC/C=C\CSSC1OC(CO)C(O)C(O)C1NC(C)=O. The summed E-state index contributed by atoms with van der Waals surface area (Å²) >= 11 is 0.884. The molecule has 22 nitrogen and oxygen atoms in total. The van der Waals surface area contributed by atoms with Crippen LogP contribution in [0.25, 0.3) is 0 Å². The maximum absolute atomic E-state index is 15.6. The van der Waals surface area contributed by atoms with E-state index in [-0.39, 0.29) is 29.7 Å². The number of ether oxygens (including phenoxy) is 6. The van der Waals surface area contributed by atoms with E-state index in [0.29, 0.717) is 34.8 Å². The zero-order valence-electron chi connectivity index (χ0n) is 44.7. The van der Waals surface area contributed by atoms with Crippen molar-refractivity contribution in [1.29, 1.82) is 0 Å². The third-order valence-electron chi connectivity index (χ3n) is 13.9. The zero-order chi connectivity index (χ0) is 57.3. The van der Waals surface area contributed by atoms with Gasteiger partial charge in [-0.2, -0.15) is 0 Å². The van der Waals surface area contributed by atoms with Crippen LogP contribution < -0.4 is 37.3 Å². The molecule has 3 aliphatic heterocycles. The van der Waals surface area contributed by atoms with E-state index in [1.165, 1.54) is 50.0 Å². The highest BCUT2D eigenvalue weighted by atomic mass is 33.1. The lowest BCUT2D eigenvalue weighted by Gasteiger charge is -2.41. The fourth-order valence-corrected chi connectivity index (χ4v) is 15.3. The van der Waals surface area contributed by atoms with Crippen molar-refractivity contribution in [2.75, 3.05) is 38.9 Å². The average Bonchev–Trinajstić information content (AvgIpc) is 4.12. The number of aliphatic hydroxyl groups excluding tert-OH is 3. The first-order chi connectivity index (χ1) is 38.4. The smallest absolute Gasteiger partial charge is 0.389 e. The maximum Gasteiger partial charge on any atom is 0.389 e. The van der Waals surface area contributed by atoms with E-state index in [0.717, 1.165) is 16.9 Å².